The van der Waals surface area contributed by atoms with Crippen LogP contribution in [0.15, 0.2) is 29.2 Å². The Labute approximate surface area is 172 Å². The monoisotopic (exact) mass is 436 g/mol. The maximum Gasteiger partial charge on any atom is 0.207 e. The first kappa shape index (κ1) is 25.9. The van der Waals surface area contributed by atoms with Gasteiger partial charge in [0, 0.05) is 0 Å². The van der Waals surface area contributed by atoms with Gasteiger partial charge in [0.2, 0.25) is 9.84 Å². The summed E-state index contributed by atoms with van der Waals surface area (Å²) in [5.41, 5.74) is -0.685. The van der Waals surface area contributed by atoms with Crippen molar-refractivity contribution in [2.75, 3.05) is 72.7 Å². The van der Waals surface area contributed by atoms with Crippen LogP contribution in [0.2, 0.25) is 0 Å². The van der Waals surface area contributed by atoms with Crippen LogP contribution in [-0.4, -0.2) is 96.7 Å². The summed E-state index contributed by atoms with van der Waals surface area (Å²) in [6.07, 6.45) is 0. The molecule has 0 radical (unpaired) electrons. The molecule has 0 heterocycles. The van der Waals surface area contributed by atoms with Crippen LogP contribution in [-0.2, 0) is 33.5 Å². The minimum Gasteiger partial charge on any atom is -0.394 e. The molecule has 0 spiro atoms. The number of hydrogen-bond donors (Lipinski definition) is 2. The number of aliphatic hydroxyl groups is 2. The van der Waals surface area contributed by atoms with Crippen molar-refractivity contribution in [3.63, 3.8) is 0 Å². The van der Waals surface area contributed by atoms with E-state index in [-0.39, 0.29) is 31.3 Å². The maximum atomic E-state index is 12.2. The van der Waals surface area contributed by atoms with Crippen LogP contribution in [0.25, 0.3) is 0 Å². The molecule has 1 atom stereocenters. The Hall–Kier alpha value is -1.11. The number of sulfone groups is 1. The zero-order valence-corrected chi connectivity index (χ0v) is 17.6. The fraction of sp³-hybridized carbons (Fsp3) is 0.684. The summed E-state index contributed by atoms with van der Waals surface area (Å²) in [7, 11) is -3.84. The molecule has 29 heavy (non-hydrogen) atoms. The summed E-state index contributed by atoms with van der Waals surface area (Å²) < 4.78 is 50.5. The minimum absolute atomic E-state index is 0.00125. The van der Waals surface area contributed by atoms with Gasteiger partial charge in [0.05, 0.1) is 77.6 Å². The highest BCUT2D eigenvalue weighted by Gasteiger charge is 2.25. The van der Waals surface area contributed by atoms with Gasteiger partial charge < -0.3 is 33.9 Å². The third-order valence-electron chi connectivity index (χ3n) is 3.69. The smallest absolute Gasteiger partial charge is 0.207 e. The number of hydrogen-bond acceptors (Lipinski definition) is 9. The summed E-state index contributed by atoms with van der Waals surface area (Å²) in [5.74, 6) is 0. The van der Waals surface area contributed by atoms with E-state index in [9.17, 15) is 13.5 Å². The Morgan fingerprint density at radius 1 is 0.759 bits per heavy atom. The molecule has 1 rings (SSSR count). The quantitative estimate of drug-likeness (QED) is 0.310. The van der Waals surface area contributed by atoms with Crippen molar-refractivity contribution in [3.8, 4) is 0 Å². The van der Waals surface area contributed by atoms with E-state index in [1.165, 1.54) is 12.1 Å². The topological polar surface area (TPSA) is 121 Å². The number of aryl methyl sites for hydroxylation is 1. The van der Waals surface area contributed by atoms with Crippen molar-refractivity contribution in [1.82, 2.24) is 0 Å². The van der Waals surface area contributed by atoms with Gasteiger partial charge in [0.15, 0.2) is 5.44 Å². The predicted molar refractivity (Wildman–Crippen MR) is 106 cm³/mol. The van der Waals surface area contributed by atoms with Crippen LogP contribution in [0, 0.1) is 6.92 Å². The lowest BCUT2D eigenvalue weighted by molar-refractivity contribution is -0.0167. The lowest BCUT2D eigenvalue weighted by atomic mass is 10.2. The Morgan fingerprint density at radius 2 is 1.17 bits per heavy atom. The average Bonchev–Trinajstić information content (AvgIpc) is 2.71. The van der Waals surface area contributed by atoms with Crippen molar-refractivity contribution in [2.45, 2.75) is 17.3 Å². The molecule has 0 saturated carbocycles. The minimum atomic E-state index is -3.84. The SMILES string of the molecule is Cc1ccc(S(=O)(=O)C(O)COCCOCCOCCOCCOCCO)cc1. The second-order valence-corrected chi connectivity index (χ2v) is 8.17. The van der Waals surface area contributed by atoms with Crippen molar-refractivity contribution in [1.29, 1.82) is 0 Å². The van der Waals surface area contributed by atoms with E-state index in [4.69, 9.17) is 28.8 Å². The van der Waals surface area contributed by atoms with Gasteiger partial charge in [-0.3, -0.25) is 0 Å². The fourth-order valence-corrected chi connectivity index (χ4v) is 3.21. The van der Waals surface area contributed by atoms with Gasteiger partial charge in [-0.25, -0.2) is 8.42 Å². The zero-order valence-electron chi connectivity index (χ0n) is 16.8. The third-order valence-corrected chi connectivity index (χ3v) is 5.47. The van der Waals surface area contributed by atoms with Crippen molar-refractivity contribution >= 4 is 9.84 Å². The molecule has 0 amide bonds. The van der Waals surface area contributed by atoms with E-state index in [0.717, 1.165) is 5.56 Å². The summed E-state index contributed by atoms with van der Waals surface area (Å²) in [6, 6.07) is 6.28. The Morgan fingerprint density at radius 3 is 1.62 bits per heavy atom. The Balaban J connectivity index is 1.97. The lowest BCUT2D eigenvalue weighted by Gasteiger charge is -2.13. The molecule has 9 nitrogen and oxygen atoms in total. The van der Waals surface area contributed by atoms with E-state index in [1.54, 1.807) is 12.1 Å². The molecule has 0 saturated heterocycles. The third kappa shape index (κ3) is 11.6. The molecule has 1 aromatic rings. The van der Waals surface area contributed by atoms with Crippen LogP contribution in [0.3, 0.4) is 0 Å². The van der Waals surface area contributed by atoms with E-state index in [0.29, 0.717) is 46.2 Å². The first-order chi connectivity index (χ1) is 14.0. The summed E-state index contributed by atoms with van der Waals surface area (Å²) in [4.78, 5) is 0.0641. The highest BCUT2D eigenvalue weighted by molar-refractivity contribution is 7.91. The van der Waals surface area contributed by atoms with Gasteiger partial charge in [-0.2, -0.15) is 0 Å². The van der Waals surface area contributed by atoms with Crippen molar-refractivity contribution in [3.05, 3.63) is 29.8 Å². The molecule has 2 N–H and O–H groups in total. The van der Waals surface area contributed by atoms with E-state index < -0.39 is 15.3 Å². The van der Waals surface area contributed by atoms with Gasteiger partial charge in [0.1, 0.15) is 0 Å². The highest BCUT2D eigenvalue weighted by Crippen LogP contribution is 2.15. The normalized spacial score (nSPS) is 12.9. The van der Waals surface area contributed by atoms with Crippen LogP contribution >= 0.6 is 0 Å². The van der Waals surface area contributed by atoms with Gasteiger partial charge in [-0.15, -0.1) is 0 Å². The molecule has 0 aliphatic heterocycles. The van der Waals surface area contributed by atoms with Gasteiger partial charge in [0.25, 0.3) is 0 Å². The number of rotatable bonds is 18. The maximum absolute atomic E-state index is 12.2. The number of aliphatic hydroxyl groups excluding tert-OH is 2. The average molecular weight is 437 g/mol. The first-order valence-electron chi connectivity index (χ1n) is 9.46. The van der Waals surface area contributed by atoms with E-state index >= 15 is 0 Å². The molecule has 10 heteroatoms. The summed E-state index contributed by atoms with van der Waals surface area (Å²) in [6.45, 7) is 4.79. The molecule has 1 aromatic carbocycles. The van der Waals surface area contributed by atoms with Crippen LogP contribution in [0.4, 0.5) is 0 Å². The van der Waals surface area contributed by atoms with Gasteiger partial charge in [-0.05, 0) is 19.1 Å². The summed E-state index contributed by atoms with van der Waals surface area (Å²) in [5, 5.41) is 18.4. The van der Waals surface area contributed by atoms with E-state index in [1.807, 2.05) is 6.92 Å². The lowest BCUT2D eigenvalue weighted by Crippen LogP contribution is -2.27. The highest BCUT2D eigenvalue weighted by atomic mass is 32.2. The van der Waals surface area contributed by atoms with Gasteiger partial charge >= 0.3 is 0 Å². The van der Waals surface area contributed by atoms with Crippen molar-refractivity contribution in [2.24, 2.45) is 0 Å². The Kier molecular flexibility index (Phi) is 14.0. The molecule has 0 fully saturated rings. The molecule has 1 unspecified atom stereocenters. The first-order valence-corrected chi connectivity index (χ1v) is 11.0. The molecule has 0 aliphatic rings. The number of benzene rings is 1. The Bertz CT molecular complexity index is 619. The fourth-order valence-electron chi connectivity index (χ4n) is 2.10. The van der Waals surface area contributed by atoms with E-state index in [2.05, 4.69) is 0 Å². The molecule has 0 bridgehead atoms. The zero-order chi connectivity index (χ0) is 21.4. The van der Waals surface area contributed by atoms with Gasteiger partial charge in [-0.1, -0.05) is 17.7 Å². The molecular weight excluding hydrogens is 404 g/mol. The molecule has 0 aliphatic carbocycles. The summed E-state index contributed by atoms with van der Waals surface area (Å²) >= 11 is 0. The van der Waals surface area contributed by atoms with Crippen LogP contribution in [0.5, 0.6) is 0 Å². The second-order valence-electron chi connectivity index (χ2n) is 6.06. The predicted octanol–water partition coefficient (Wildman–Crippen LogP) is 0.162. The van der Waals surface area contributed by atoms with Crippen molar-refractivity contribution < 1.29 is 42.3 Å². The van der Waals surface area contributed by atoms with Crippen LogP contribution < -0.4 is 0 Å². The number of ether oxygens (including phenoxy) is 5. The molecule has 0 aromatic heterocycles. The van der Waals surface area contributed by atoms with Crippen LogP contribution in [0.1, 0.15) is 5.56 Å². The largest absolute Gasteiger partial charge is 0.394 e. The second kappa shape index (κ2) is 15.7. The molecule has 168 valence electrons. The standard InChI is InChI=1S/C19H32O9S/c1-17-2-4-18(5-3-17)29(22,23)19(21)16-28-15-14-27-13-12-26-11-10-25-9-8-24-7-6-20/h2-5,19-21H,6-16H2,1H3. The molecular formula is C19H32O9S.